The van der Waals surface area contributed by atoms with E-state index in [1.165, 1.54) is 0 Å². The van der Waals surface area contributed by atoms with Crippen LogP contribution in [0.15, 0.2) is 48.8 Å². The SMILES string of the molecule is CNC(CCOc1ccccc1)c1cncc(OC)c1. The highest BCUT2D eigenvalue weighted by atomic mass is 16.5. The zero-order valence-corrected chi connectivity index (χ0v) is 11.9. The zero-order chi connectivity index (χ0) is 14.2. The molecule has 1 heterocycles. The molecule has 1 unspecified atom stereocenters. The van der Waals surface area contributed by atoms with Crippen LogP contribution in [0.2, 0.25) is 0 Å². The van der Waals surface area contributed by atoms with Crippen molar-refractivity contribution in [2.24, 2.45) is 0 Å². The summed E-state index contributed by atoms with van der Waals surface area (Å²) in [5.41, 5.74) is 1.10. The Hall–Kier alpha value is -2.07. The minimum absolute atomic E-state index is 0.196. The fourth-order valence-corrected chi connectivity index (χ4v) is 2.03. The molecule has 0 saturated heterocycles. The second kappa shape index (κ2) is 7.50. The monoisotopic (exact) mass is 272 g/mol. The number of aromatic nitrogens is 1. The van der Waals surface area contributed by atoms with Gasteiger partial charge in [0.1, 0.15) is 11.5 Å². The van der Waals surface area contributed by atoms with Gasteiger partial charge in [-0.2, -0.15) is 0 Å². The molecular formula is C16H20N2O2. The van der Waals surface area contributed by atoms with E-state index in [9.17, 15) is 0 Å². The predicted molar refractivity (Wildman–Crippen MR) is 79.1 cm³/mol. The van der Waals surface area contributed by atoms with Gasteiger partial charge in [0.05, 0.1) is 19.9 Å². The number of methoxy groups -OCH3 is 1. The highest BCUT2D eigenvalue weighted by Crippen LogP contribution is 2.20. The number of benzene rings is 1. The van der Waals surface area contributed by atoms with Crippen molar-refractivity contribution in [3.8, 4) is 11.5 Å². The Labute approximate surface area is 119 Å². The van der Waals surface area contributed by atoms with Crippen LogP contribution >= 0.6 is 0 Å². The number of hydrogen-bond donors (Lipinski definition) is 1. The number of hydrogen-bond acceptors (Lipinski definition) is 4. The van der Waals surface area contributed by atoms with Crippen LogP contribution in [0.4, 0.5) is 0 Å². The maximum atomic E-state index is 5.72. The average Bonchev–Trinajstić information content (AvgIpc) is 2.52. The van der Waals surface area contributed by atoms with E-state index in [0.29, 0.717) is 6.61 Å². The first kappa shape index (κ1) is 14.3. The first-order valence-corrected chi connectivity index (χ1v) is 6.67. The highest BCUT2D eigenvalue weighted by molar-refractivity contribution is 5.26. The highest BCUT2D eigenvalue weighted by Gasteiger charge is 2.10. The molecule has 0 aliphatic carbocycles. The summed E-state index contributed by atoms with van der Waals surface area (Å²) in [6, 6.07) is 12.0. The van der Waals surface area contributed by atoms with Crippen LogP contribution in [0, 0.1) is 0 Å². The van der Waals surface area contributed by atoms with Crippen molar-refractivity contribution in [1.82, 2.24) is 10.3 Å². The molecule has 4 heteroatoms. The lowest BCUT2D eigenvalue weighted by Gasteiger charge is -2.17. The molecule has 0 aliphatic heterocycles. The van der Waals surface area contributed by atoms with E-state index in [1.807, 2.05) is 49.6 Å². The molecule has 0 amide bonds. The Morgan fingerprint density at radius 1 is 1.15 bits per heavy atom. The number of nitrogens with one attached hydrogen (secondary N) is 1. The predicted octanol–water partition coefficient (Wildman–Crippen LogP) is 2.82. The van der Waals surface area contributed by atoms with E-state index in [-0.39, 0.29) is 6.04 Å². The van der Waals surface area contributed by atoms with Gasteiger partial charge >= 0.3 is 0 Å². The summed E-state index contributed by atoms with van der Waals surface area (Å²) in [6.07, 6.45) is 4.42. The summed E-state index contributed by atoms with van der Waals surface area (Å²) in [4.78, 5) is 4.18. The summed E-state index contributed by atoms with van der Waals surface area (Å²) in [7, 11) is 3.58. The molecular weight excluding hydrogens is 252 g/mol. The van der Waals surface area contributed by atoms with Gasteiger partial charge in [-0.3, -0.25) is 4.98 Å². The molecule has 0 saturated carbocycles. The number of nitrogens with zero attached hydrogens (tertiary/aromatic N) is 1. The summed E-state index contributed by atoms with van der Waals surface area (Å²) in [5, 5.41) is 3.28. The normalized spacial score (nSPS) is 11.9. The maximum Gasteiger partial charge on any atom is 0.137 e. The Kier molecular flexibility index (Phi) is 5.38. The van der Waals surface area contributed by atoms with E-state index in [2.05, 4.69) is 10.3 Å². The van der Waals surface area contributed by atoms with Crippen LogP contribution in [0.25, 0.3) is 0 Å². The molecule has 4 nitrogen and oxygen atoms in total. The van der Waals surface area contributed by atoms with E-state index >= 15 is 0 Å². The Morgan fingerprint density at radius 3 is 2.65 bits per heavy atom. The van der Waals surface area contributed by atoms with Gasteiger partial charge in [-0.1, -0.05) is 18.2 Å². The molecule has 0 spiro atoms. The van der Waals surface area contributed by atoms with E-state index in [1.54, 1.807) is 13.3 Å². The molecule has 1 atom stereocenters. The van der Waals surface area contributed by atoms with E-state index in [4.69, 9.17) is 9.47 Å². The second-order valence-electron chi connectivity index (χ2n) is 4.45. The lowest BCUT2D eigenvalue weighted by Crippen LogP contribution is -2.19. The summed E-state index contributed by atoms with van der Waals surface area (Å²) in [5.74, 6) is 1.66. The van der Waals surface area contributed by atoms with Crippen molar-refractivity contribution in [3.63, 3.8) is 0 Å². The Bertz CT molecular complexity index is 517. The van der Waals surface area contributed by atoms with Gasteiger partial charge in [-0.25, -0.2) is 0 Å². The summed E-state index contributed by atoms with van der Waals surface area (Å²) < 4.78 is 10.9. The summed E-state index contributed by atoms with van der Waals surface area (Å²) >= 11 is 0. The molecule has 1 N–H and O–H groups in total. The molecule has 1 aromatic carbocycles. The van der Waals surface area contributed by atoms with Crippen LogP contribution in [0.3, 0.4) is 0 Å². The fourth-order valence-electron chi connectivity index (χ4n) is 2.03. The molecule has 2 aromatic rings. The third-order valence-corrected chi connectivity index (χ3v) is 3.14. The minimum Gasteiger partial charge on any atom is -0.495 e. The fraction of sp³-hybridized carbons (Fsp3) is 0.312. The number of pyridine rings is 1. The van der Waals surface area contributed by atoms with Crippen molar-refractivity contribution < 1.29 is 9.47 Å². The third-order valence-electron chi connectivity index (χ3n) is 3.14. The molecule has 0 bridgehead atoms. The Balaban J connectivity index is 1.91. The van der Waals surface area contributed by atoms with Gasteiger partial charge in [0.2, 0.25) is 0 Å². The van der Waals surface area contributed by atoms with Crippen molar-refractivity contribution in [1.29, 1.82) is 0 Å². The van der Waals surface area contributed by atoms with Crippen LogP contribution in [0.1, 0.15) is 18.0 Å². The van der Waals surface area contributed by atoms with Crippen molar-refractivity contribution in [3.05, 3.63) is 54.4 Å². The van der Waals surface area contributed by atoms with Gasteiger partial charge in [-0.15, -0.1) is 0 Å². The van der Waals surface area contributed by atoms with Gasteiger partial charge in [0.15, 0.2) is 0 Å². The maximum absolute atomic E-state index is 5.72. The Morgan fingerprint density at radius 2 is 1.95 bits per heavy atom. The molecule has 106 valence electrons. The lowest BCUT2D eigenvalue weighted by atomic mass is 10.1. The van der Waals surface area contributed by atoms with Crippen LogP contribution in [-0.2, 0) is 0 Å². The van der Waals surface area contributed by atoms with E-state index < -0.39 is 0 Å². The molecule has 0 radical (unpaired) electrons. The quantitative estimate of drug-likeness (QED) is 0.841. The first-order chi connectivity index (χ1) is 9.83. The number of ether oxygens (including phenoxy) is 2. The van der Waals surface area contributed by atoms with Crippen LogP contribution in [0.5, 0.6) is 11.5 Å². The standard InChI is InChI=1S/C16H20N2O2/c1-17-16(13-10-15(19-2)12-18-11-13)8-9-20-14-6-4-3-5-7-14/h3-7,10-12,16-17H,8-9H2,1-2H3. The van der Waals surface area contributed by atoms with Gasteiger partial charge in [0.25, 0.3) is 0 Å². The molecule has 0 fully saturated rings. The summed E-state index contributed by atoms with van der Waals surface area (Å²) in [6.45, 7) is 0.646. The van der Waals surface area contributed by atoms with Gasteiger partial charge in [0, 0.05) is 18.7 Å². The molecule has 0 aliphatic rings. The first-order valence-electron chi connectivity index (χ1n) is 6.67. The zero-order valence-electron chi connectivity index (χ0n) is 11.9. The van der Waals surface area contributed by atoms with Crippen LogP contribution in [-0.4, -0.2) is 25.7 Å². The van der Waals surface area contributed by atoms with Crippen molar-refractivity contribution in [2.75, 3.05) is 20.8 Å². The van der Waals surface area contributed by atoms with Crippen molar-refractivity contribution in [2.45, 2.75) is 12.5 Å². The minimum atomic E-state index is 0.196. The molecule has 20 heavy (non-hydrogen) atoms. The number of para-hydroxylation sites is 1. The topological polar surface area (TPSA) is 43.4 Å². The van der Waals surface area contributed by atoms with E-state index in [0.717, 1.165) is 23.5 Å². The van der Waals surface area contributed by atoms with Gasteiger partial charge in [-0.05, 0) is 30.8 Å². The largest absolute Gasteiger partial charge is 0.495 e. The number of rotatable bonds is 7. The van der Waals surface area contributed by atoms with Crippen LogP contribution < -0.4 is 14.8 Å². The second-order valence-corrected chi connectivity index (χ2v) is 4.45. The molecule has 1 aromatic heterocycles. The van der Waals surface area contributed by atoms with Gasteiger partial charge < -0.3 is 14.8 Å². The van der Waals surface area contributed by atoms with Crippen molar-refractivity contribution >= 4 is 0 Å². The molecule has 2 rings (SSSR count). The smallest absolute Gasteiger partial charge is 0.137 e. The third kappa shape index (κ3) is 3.96. The average molecular weight is 272 g/mol. The lowest BCUT2D eigenvalue weighted by molar-refractivity contribution is 0.290.